The highest BCUT2D eigenvalue weighted by atomic mass is 19.1. The highest BCUT2D eigenvalue weighted by Crippen LogP contribution is 2.38. The first-order chi connectivity index (χ1) is 9.06. The second kappa shape index (κ2) is 5.72. The zero-order chi connectivity index (χ0) is 14.0. The minimum Gasteiger partial charge on any atom is -0.497 e. The summed E-state index contributed by atoms with van der Waals surface area (Å²) < 4.78 is 32.9. The van der Waals surface area contributed by atoms with Crippen molar-refractivity contribution in [2.45, 2.75) is 25.9 Å². The summed E-state index contributed by atoms with van der Waals surface area (Å²) in [6.07, 6.45) is 2.14. The molecule has 1 heterocycles. The fourth-order valence-corrected chi connectivity index (χ4v) is 2.83. The number of hydrogen-bond donors (Lipinski definition) is 0. The number of methoxy groups -OCH3 is 1. The first kappa shape index (κ1) is 14.0. The van der Waals surface area contributed by atoms with Gasteiger partial charge in [0, 0.05) is 25.6 Å². The Labute approximate surface area is 111 Å². The van der Waals surface area contributed by atoms with Gasteiger partial charge in [-0.05, 0) is 18.4 Å². The number of alkyl halides is 1. The Balaban J connectivity index is 2.10. The van der Waals surface area contributed by atoms with Gasteiger partial charge in [0.05, 0.1) is 13.0 Å². The van der Waals surface area contributed by atoms with E-state index < -0.39 is 17.9 Å². The molecule has 0 radical (unpaired) electrons. The van der Waals surface area contributed by atoms with Crippen LogP contribution in [0.2, 0.25) is 0 Å². The van der Waals surface area contributed by atoms with Gasteiger partial charge in [-0.15, -0.1) is 0 Å². The number of halogens is 2. The number of likely N-dealkylation sites (tertiary alicyclic amines) is 1. The molecule has 1 fully saturated rings. The average molecular weight is 271 g/mol. The van der Waals surface area contributed by atoms with Gasteiger partial charge >= 0.3 is 0 Å². The second-order valence-corrected chi connectivity index (χ2v) is 5.08. The summed E-state index contributed by atoms with van der Waals surface area (Å²) in [7, 11) is 1.38. The Bertz CT molecular complexity index is 420. The predicted octanol–water partition coefficient (Wildman–Crippen LogP) is 2.60. The van der Waals surface area contributed by atoms with Crippen molar-refractivity contribution in [3.63, 3.8) is 0 Å². The molecule has 1 aliphatic carbocycles. The van der Waals surface area contributed by atoms with Gasteiger partial charge in [0.1, 0.15) is 17.8 Å². The molecule has 1 amide bonds. The van der Waals surface area contributed by atoms with Crippen LogP contribution in [0.1, 0.15) is 19.8 Å². The monoisotopic (exact) mass is 271 g/mol. The lowest BCUT2D eigenvalue weighted by Crippen LogP contribution is -2.30. The van der Waals surface area contributed by atoms with Crippen molar-refractivity contribution in [3.8, 4) is 0 Å². The minimum absolute atomic E-state index is 0.00614. The number of carbonyl (C=O) groups excluding carboxylic acids is 1. The van der Waals surface area contributed by atoms with Crippen LogP contribution >= 0.6 is 0 Å². The molecular weight excluding hydrogens is 252 g/mol. The van der Waals surface area contributed by atoms with Gasteiger partial charge in [-0.3, -0.25) is 4.79 Å². The highest BCUT2D eigenvalue weighted by molar-refractivity contribution is 5.78. The summed E-state index contributed by atoms with van der Waals surface area (Å²) in [5.74, 6) is -1.47. The zero-order valence-corrected chi connectivity index (χ0v) is 11.2. The van der Waals surface area contributed by atoms with Crippen LogP contribution in [-0.4, -0.2) is 37.2 Å². The summed E-state index contributed by atoms with van der Waals surface area (Å²) in [6.45, 7) is 3.08. The van der Waals surface area contributed by atoms with Crippen LogP contribution in [0.15, 0.2) is 23.7 Å². The summed E-state index contributed by atoms with van der Waals surface area (Å²) in [4.78, 5) is 13.5. The number of hydrogen-bond acceptors (Lipinski definition) is 2. The number of rotatable bonds is 4. The van der Waals surface area contributed by atoms with Crippen molar-refractivity contribution in [1.29, 1.82) is 0 Å². The van der Waals surface area contributed by atoms with Crippen LogP contribution in [0.25, 0.3) is 0 Å². The lowest BCUT2D eigenvalue weighted by atomic mass is 9.83. The molecule has 0 aromatic heterocycles. The maximum atomic E-state index is 14.1. The molecule has 0 N–H and O–H groups in total. The first-order valence-corrected chi connectivity index (χ1v) is 6.61. The summed E-state index contributed by atoms with van der Waals surface area (Å²) in [6, 6.07) is 0. The van der Waals surface area contributed by atoms with Crippen LogP contribution in [0, 0.1) is 11.8 Å². The van der Waals surface area contributed by atoms with Gasteiger partial charge in [-0.2, -0.15) is 0 Å². The fraction of sp³-hybridized carbons (Fsp3) is 0.643. The number of carbonyl (C=O) groups is 1. The molecule has 2 aliphatic rings. The van der Waals surface area contributed by atoms with E-state index >= 15 is 0 Å². The van der Waals surface area contributed by atoms with Gasteiger partial charge in [0.25, 0.3) is 0 Å². The van der Waals surface area contributed by atoms with Crippen molar-refractivity contribution in [3.05, 3.63) is 23.7 Å². The molecule has 0 aromatic rings. The van der Waals surface area contributed by atoms with E-state index in [9.17, 15) is 13.6 Å². The topological polar surface area (TPSA) is 29.5 Å². The van der Waals surface area contributed by atoms with E-state index in [0.717, 1.165) is 6.42 Å². The Hall–Kier alpha value is -1.39. The molecule has 3 nitrogen and oxygen atoms in total. The second-order valence-electron chi connectivity index (χ2n) is 5.08. The molecule has 0 aromatic carbocycles. The zero-order valence-electron chi connectivity index (χ0n) is 11.2. The van der Waals surface area contributed by atoms with Gasteiger partial charge in [-0.1, -0.05) is 6.92 Å². The van der Waals surface area contributed by atoms with E-state index in [1.807, 2.05) is 6.92 Å². The fourth-order valence-electron chi connectivity index (χ4n) is 2.83. The number of nitrogens with zero attached hydrogens (tertiary/aromatic N) is 1. The van der Waals surface area contributed by atoms with Gasteiger partial charge in [0.15, 0.2) is 0 Å². The maximum Gasteiger partial charge on any atom is 0.222 e. The van der Waals surface area contributed by atoms with E-state index in [1.165, 1.54) is 19.3 Å². The Morgan fingerprint density at radius 1 is 1.53 bits per heavy atom. The van der Waals surface area contributed by atoms with Crippen LogP contribution < -0.4 is 0 Å². The average Bonchev–Trinajstić information content (AvgIpc) is 2.70. The van der Waals surface area contributed by atoms with Crippen LogP contribution in [0.3, 0.4) is 0 Å². The molecule has 19 heavy (non-hydrogen) atoms. The van der Waals surface area contributed by atoms with E-state index in [0.29, 0.717) is 13.1 Å². The van der Waals surface area contributed by atoms with E-state index in [2.05, 4.69) is 0 Å². The molecule has 5 heteroatoms. The number of ether oxygens (including phenoxy) is 1. The van der Waals surface area contributed by atoms with Crippen molar-refractivity contribution < 1.29 is 18.3 Å². The third-order valence-electron chi connectivity index (χ3n) is 3.75. The first-order valence-electron chi connectivity index (χ1n) is 6.61. The lowest BCUT2D eigenvalue weighted by Gasteiger charge is -2.27. The summed E-state index contributed by atoms with van der Waals surface area (Å²) in [5, 5.41) is 0. The SMILES string of the molecule is CCCN1C[C@@H](C2C(F)=CC(OC)=CC2F)CC1=O. The van der Waals surface area contributed by atoms with Crippen LogP contribution in [0.5, 0.6) is 0 Å². The standard InChI is InChI=1S/C14H19F2NO2/c1-3-4-17-8-9(5-13(17)18)14-11(15)6-10(19-2)7-12(14)16/h6-7,9,11,14H,3-5,8H2,1-2H3/t9-,11?,14?/m0/s1. The predicted molar refractivity (Wildman–Crippen MR) is 67.6 cm³/mol. The highest BCUT2D eigenvalue weighted by Gasteiger charge is 2.41. The van der Waals surface area contributed by atoms with E-state index in [1.54, 1.807) is 4.90 Å². The third kappa shape index (κ3) is 2.80. The molecule has 1 saturated heterocycles. The Morgan fingerprint density at radius 3 is 2.84 bits per heavy atom. The van der Waals surface area contributed by atoms with Crippen molar-refractivity contribution in [2.24, 2.45) is 11.8 Å². The molecule has 2 unspecified atom stereocenters. The van der Waals surface area contributed by atoms with Crippen LogP contribution in [0.4, 0.5) is 8.78 Å². The molecule has 106 valence electrons. The normalized spacial score (nSPS) is 31.3. The van der Waals surface area contributed by atoms with Gasteiger partial charge < -0.3 is 9.64 Å². The van der Waals surface area contributed by atoms with Crippen LogP contribution in [-0.2, 0) is 9.53 Å². The van der Waals surface area contributed by atoms with Crippen molar-refractivity contribution in [2.75, 3.05) is 20.2 Å². The minimum atomic E-state index is -1.43. The lowest BCUT2D eigenvalue weighted by molar-refractivity contribution is -0.127. The van der Waals surface area contributed by atoms with Gasteiger partial charge in [-0.25, -0.2) is 8.78 Å². The molecule has 0 saturated carbocycles. The van der Waals surface area contributed by atoms with E-state index in [-0.39, 0.29) is 24.0 Å². The van der Waals surface area contributed by atoms with E-state index in [4.69, 9.17) is 4.74 Å². The molecule has 3 atom stereocenters. The molecular formula is C14H19F2NO2. The summed E-state index contributed by atoms with van der Waals surface area (Å²) in [5.41, 5.74) is 0. The smallest absolute Gasteiger partial charge is 0.222 e. The Kier molecular flexibility index (Phi) is 4.22. The molecule has 0 spiro atoms. The quantitative estimate of drug-likeness (QED) is 0.786. The number of allylic oxidation sites excluding steroid dienone is 3. The summed E-state index contributed by atoms with van der Waals surface area (Å²) >= 11 is 0. The molecule has 2 rings (SSSR count). The third-order valence-corrected chi connectivity index (χ3v) is 3.75. The maximum absolute atomic E-state index is 14.1. The molecule has 0 bridgehead atoms. The van der Waals surface area contributed by atoms with Gasteiger partial charge in [0.2, 0.25) is 5.91 Å². The molecule has 1 aliphatic heterocycles. The largest absolute Gasteiger partial charge is 0.497 e. The van der Waals surface area contributed by atoms with Crippen molar-refractivity contribution in [1.82, 2.24) is 4.90 Å². The Morgan fingerprint density at radius 2 is 2.26 bits per heavy atom. The number of amides is 1. The van der Waals surface area contributed by atoms with Crippen molar-refractivity contribution >= 4 is 5.91 Å².